The van der Waals surface area contributed by atoms with Crippen molar-refractivity contribution >= 4 is 24.7 Å². The first-order chi connectivity index (χ1) is 9.15. The molecule has 1 unspecified atom stereocenters. The minimum absolute atomic E-state index is 0.230. The van der Waals surface area contributed by atoms with Gasteiger partial charge in [-0.2, -0.15) is 12.6 Å². The van der Waals surface area contributed by atoms with Gasteiger partial charge >= 0.3 is 0 Å². The van der Waals surface area contributed by atoms with Crippen LogP contribution in [0.1, 0.15) is 15.9 Å². The van der Waals surface area contributed by atoms with E-state index in [0.717, 1.165) is 5.56 Å². The summed E-state index contributed by atoms with van der Waals surface area (Å²) in [6.45, 7) is 0. The van der Waals surface area contributed by atoms with Gasteiger partial charge in [-0.1, -0.05) is 60.7 Å². The number of benzene rings is 2. The average molecular weight is 269 g/mol. The predicted octanol–water partition coefficient (Wildman–Crippen LogP) is 2.89. The molecule has 0 saturated carbocycles. The lowest BCUT2D eigenvalue weighted by Crippen LogP contribution is -2.37. The van der Waals surface area contributed by atoms with Crippen molar-refractivity contribution in [1.82, 2.24) is 0 Å². The van der Waals surface area contributed by atoms with Gasteiger partial charge in [-0.15, -0.1) is 0 Å². The van der Waals surface area contributed by atoms with E-state index in [9.17, 15) is 9.59 Å². The van der Waals surface area contributed by atoms with Crippen molar-refractivity contribution in [1.29, 1.82) is 0 Å². The molecule has 1 radical (unpaired) electrons. The summed E-state index contributed by atoms with van der Waals surface area (Å²) in [5, 5.41) is 0. The van der Waals surface area contributed by atoms with E-state index in [1.165, 1.54) is 0 Å². The average Bonchev–Trinajstić information content (AvgIpc) is 2.48. The standard InChI is InChI=1S/C16H13O2S/c17-12-16(19,11-13-7-3-1-4-8-13)15(18)14-9-5-2-6-10-14/h1-10,19H,11H2. The number of carbonyl (C=O) groups excluding carboxylic acids is 2. The molecule has 19 heavy (non-hydrogen) atoms. The molecule has 2 nitrogen and oxygen atoms in total. The second-order valence-electron chi connectivity index (χ2n) is 4.32. The van der Waals surface area contributed by atoms with Crippen LogP contribution in [-0.4, -0.2) is 16.8 Å². The maximum Gasteiger partial charge on any atom is 0.224 e. The number of hydrogen-bond acceptors (Lipinski definition) is 3. The van der Waals surface area contributed by atoms with Gasteiger partial charge in [0.2, 0.25) is 6.29 Å². The second-order valence-corrected chi connectivity index (χ2v) is 5.08. The SMILES string of the molecule is O=[C]C(S)(Cc1ccccc1)C(=O)c1ccccc1. The van der Waals surface area contributed by atoms with Gasteiger partial charge < -0.3 is 0 Å². The van der Waals surface area contributed by atoms with Gasteiger partial charge in [0.05, 0.1) is 0 Å². The van der Waals surface area contributed by atoms with Crippen LogP contribution in [0.2, 0.25) is 0 Å². The molecule has 1 atom stereocenters. The van der Waals surface area contributed by atoms with Crippen molar-refractivity contribution in [2.75, 3.05) is 0 Å². The monoisotopic (exact) mass is 269 g/mol. The first kappa shape index (κ1) is 13.6. The molecule has 95 valence electrons. The summed E-state index contributed by atoms with van der Waals surface area (Å²) in [6.07, 6.45) is 2.02. The van der Waals surface area contributed by atoms with Crippen LogP contribution in [0.3, 0.4) is 0 Å². The van der Waals surface area contributed by atoms with Crippen LogP contribution in [0.5, 0.6) is 0 Å². The molecule has 2 aromatic rings. The molecule has 0 N–H and O–H groups in total. The summed E-state index contributed by atoms with van der Waals surface area (Å²) in [7, 11) is 0. The molecule has 0 heterocycles. The largest absolute Gasteiger partial charge is 0.292 e. The number of ketones is 1. The molecule has 0 aliphatic carbocycles. The molecule has 0 amide bonds. The highest BCUT2D eigenvalue weighted by atomic mass is 32.1. The van der Waals surface area contributed by atoms with Gasteiger partial charge in [0, 0.05) is 12.0 Å². The highest BCUT2D eigenvalue weighted by Gasteiger charge is 2.36. The Balaban J connectivity index is 2.28. The zero-order valence-electron chi connectivity index (χ0n) is 10.2. The van der Waals surface area contributed by atoms with Gasteiger partial charge in [-0.3, -0.25) is 9.59 Å². The van der Waals surface area contributed by atoms with Crippen LogP contribution in [0.4, 0.5) is 0 Å². The number of thiol groups is 1. The number of rotatable bonds is 5. The fourth-order valence-electron chi connectivity index (χ4n) is 1.88. The highest BCUT2D eigenvalue weighted by Crippen LogP contribution is 2.23. The minimum Gasteiger partial charge on any atom is -0.292 e. The van der Waals surface area contributed by atoms with Crippen LogP contribution in [0.15, 0.2) is 60.7 Å². The third-order valence-electron chi connectivity index (χ3n) is 2.88. The molecule has 0 bridgehead atoms. The van der Waals surface area contributed by atoms with E-state index in [0.29, 0.717) is 5.56 Å². The van der Waals surface area contributed by atoms with Crippen molar-refractivity contribution in [3.05, 3.63) is 71.8 Å². The Morgan fingerprint density at radius 1 is 1.00 bits per heavy atom. The Kier molecular flexibility index (Phi) is 4.17. The molecule has 0 spiro atoms. The van der Waals surface area contributed by atoms with Crippen molar-refractivity contribution < 1.29 is 9.59 Å². The van der Waals surface area contributed by atoms with Gasteiger partial charge in [-0.05, 0) is 5.56 Å². The summed E-state index contributed by atoms with van der Waals surface area (Å²) >= 11 is 4.26. The van der Waals surface area contributed by atoms with Crippen LogP contribution < -0.4 is 0 Å². The van der Waals surface area contributed by atoms with Gasteiger partial charge in [0.25, 0.3) is 0 Å². The van der Waals surface area contributed by atoms with Gasteiger partial charge in [0.1, 0.15) is 4.75 Å². The van der Waals surface area contributed by atoms with Crippen molar-refractivity contribution in [3.8, 4) is 0 Å². The molecule has 2 aromatic carbocycles. The molecule has 0 aliphatic heterocycles. The van der Waals surface area contributed by atoms with Crippen LogP contribution >= 0.6 is 12.6 Å². The summed E-state index contributed by atoms with van der Waals surface area (Å²) in [4.78, 5) is 23.6. The summed E-state index contributed by atoms with van der Waals surface area (Å²) in [5.74, 6) is -0.324. The maximum atomic E-state index is 12.4. The Morgan fingerprint density at radius 3 is 2.05 bits per heavy atom. The van der Waals surface area contributed by atoms with E-state index in [1.807, 2.05) is 36.4 Å². The van der Waals surface area contributed by atoms with Gasteiger partial charge in [0.15, 0.2) is 5.78 Å². The van der Waals surface area contributed by atoms with Crippen molar-refractivity contribution in [2.45, 2.75) is 11.2 Å². The molecule has 0 fully saturated rings. The first-order valence-electron chi connectivity index (χ1n) is 5.91. The Labute approximate surface area is 117 Å². The predicted molar refractivity (Wildman–Crippen MR) is 78.3 cm³/mol. The normalized spacial score (nSPS) is 13.5. The molecular formula is C16H13O2S. The van der Waals surface area contributed by atoms with Crippen LogP contribution in [0.25, 0.3) is 0 Å². The first-order valence-corrected chi connectivity index (χ1v) is 6.36. The van der Waals surface area contributed by atoms with Crippen molar-refractivity contribution in [3.63, 3.8) is 0 Å². The molecule has 3 heteroatoms. The van der Waals surface area contributed by atoms with Gasteiger partial charge in [-0.25, -0.2) is 0 Å². The molecular weight excluding hydrogens is 256 g/mol. The molecule has 2 rings (SSSR count). The number of carbonyl (C=O) groups is 1. The van der Waals surface area contributed by atoms with Crippen LogP contribution in [0, 0.1) is 0 Å². The summed E-state index contributed by atoms with van der Waals surface area (Å²) < 4.78 is -1.44. The van der Waals surface area contributed by atoms with E-state index in [4.69, 9.17) is 0 Å². The molecule has 0 saturated heterocycles. The lowest BCUT2D eigenvalue weighted by molar-refractivity contribution is 0.0969. The lowest BCUT2D eigenvalue weighted by atomic mass is 9.91. The topological polar surface area (TPSA) is 34.1 Å². The van der Waals surface area contributed by atoms with Crippen molar-refractivity contribution in [2.24, 2.45) is 0 Å². The Bertz CT molecular complexity index is 566. The zero-order valence-corrected chi connectivity index (χ0v) is 11.1. The summed E-state index contributed by atoms with van der Waals surface area (Å²) in [6, 6.07) is 18.0. The highest BCUT2D eigenvalue weighted by molar-refractivity contribution is 7.83. The maximum absolute atomic E-state index is 12.4. The number of Topliss-reactive ketones (excluding diaryl/α,β-unsaturated/α-hetero) is 1. The third kappa shape index (κ3) is 3.12. The molecule has 0 aliphatic rings. The summed E-state index contributed by atoms with van der Waals surface area (Å²) in [5.41, 5.74) is 1.35. The van der Waals surface area contributed by atoms with E-state index in [-0.39, 0.29) is 12.2 Å². The Hall–Kier alpha value is -1.87. The lowest BCUT2D eigenvalue weighted by Gasteiger charge is -2.19. The number of hydrogen-bond donors (Lipinski definition) is 1. The third-order valence-corrected chi connectivity index (χ3v) is 3.34. The fraction of sp³-hybridized carbons (Fsp3) is 0.125. The van der Waals surface area contributed by atoms with E-state index >= 15 is 0 Å². The van der Waals surface area contributed by atoms with Crippen LogP contribution in [-0.2, 0) is 11.2 Å². The van der Waals surface area contributed by atoms with E-state index in [2.05, 4.69) is 12.6 Å². The fourth-order valence-corrected chi connectivity index (χ4v) is 2.19. The molecule has 0 aromatic heterocycles. The quantitative estimate of drug-likeness (QED) is 0.514. The smallest absolute Gasteiger partial charge is 0.224 e. The zero-order chi connectivity index (χ0) is 13.7. The Morgan fingerprint density at radius 2 is 1.53 bits per heavy atom. The minimum atomic E-state index is -1.44. The van der Waals surface area contributed by atoms with E-state index in [1.54, 1.807) is 30.6 Å². The second kappa shape index (κ2) is 5.85. The van der Waals surface area contributed by atoms with E-state index < -0.39 is 4.75 Å².